The molecule has 0 bridgehead atoms. The van der Waals surface area contributed by atoms with Gasteiger partial charge in [0.2, 0.25) is 0 Å². The van der Waals surface area contributed by atoms with Gasteiger partial charge in [0.1, 0.15) is 13.2 Å². The van der Waals surface area contributed by atoms with Gasteiger partial charge in [0.05, 0.1) is 0 Å². The molecule has 0 N–H and O–H groups in total. The molecule has 0 spiro atoms. The summed E-state index contributed by atoms with van der Waals surface area (Å²) in [5.74, 6) is -0.898. The third-order valence-corrected chi connectivity index (χ3v) is 13.8. The quantitative estimate of drug-likeness (QED) is 0.0199. The third-order valence-electron chi connectivity index (χ3n) is 13.8. The Morgan fingerprint density at radius 1 is 0.278 bits per heavy atom. The van der Waals surface area contributed by atoms with Gasteiger partial charge >= 0.3 is 17.9 Å². The molecule has 0 aliphatic carbocycles. The summed E-state index contributed by atoms with van der Waals surface area (Å²) >= 11 is 0. The largest absolute Gasteiger partial charge is 0.462 e. The zero-order chi connectivity index (χ0) is 52.2. The maximum absolute atomic E-state index is 12.9. The molecule has 0 aliphatic rings. The standard InChI is InChI=1S/C66H118O6/c1-4-7-10-13-16-19-22-25-28-31-33-36-38-41-44-47-50-53-56-59-65(68)71-62-63(61-70-64(67)58-55-52-49-46-43-40-37-34-30-27-24-21-18-15-12-9-6-3)72-66(69)60-57-54-51-48-45-42-39-35-32-29-26-23-20-17-14-11-8-5-2/h23,26-27,29-33,35,39,63H,4-22,24-25,28,34,36-38,40-62H2,1-3H3/b26-23-,30-27-,32-29-,33-31-,39-35-. The minimum atomic E-state index is -0.789. The van der Waals surface area contributed by atoms with Crippen LogP contribution in [0.4, 0.5) is 0 Å². The van der Waals surface area contributed by atoms with Crippen molar-refractivity contribution in [2.45, 2.75) is 329 Å². The molecule has 0 amide bonds. The van der Waals surface area contributed by atoms with E-state index in [4.69, 9.17) is 14.2 Å². The summed E-state index contributed by atoms with van der Waals surface area (Å²) in [6.45, 7) is 6.63. The third kappa shape index (κ3) is 58.0. The van der Waals surface area contributed by atoms with Gasteiger partial charge in [0.25, 0.3) is 0 Å². The van der Waals surface area contributed by atoms with E-state index >= 15 is 0 Å². The van der Waals surface area contributed by atoms with Crippen LogP contribution >= 0.6 is 0 Å². The number of rotatable bonds is 57. The maximum atomic E-state index is 12.9. The Labute approximate surface area is 447 Å². The van der Waals surface area contributed by atoms with Crippen molar-refractivity contribution in [1.29, 1.82) is 0 Å². The zero-order valence-electron chi connectivity index (χ0n) is 47.9. The summed E-state index contributed by atoms with van der Waals surface area (Å²) in [4.78, 5) is 38.3. The fraction of sp³-hybridized carbons (Fsp3) is 0.803. The molecule has 0 rings (SSSR count). The van der Waals surface area contributed by atoms with Gasteiger partial charge < -0.3 is 14.2 Å². The normalized spacial score (nSPS) is 12.4. The Balaban J connectivity index is 4.41. The fourth-order valence-electron chi connectivity index (χ4n) is 9.02. The van der Waals surface area contributed by atoms with Gasteiger partial charge in [-0.1, -0.05) is 268 Å². The summed E-state index contributed by atoms with van der Waals surface area (Å²) in [5.41, 5.74) is 0. The lowest BCUT2D eigenvalue weighted by atomic mass is 10.1. The molecule has 0 fully saturated rings. The molecule has 1 unspecified atom stereocenters. The Kier molecular flexibility index (Phi) is 58.2. The lowest BCUT2D eigenvalue weighted by molar-refractivity contribution is -0.167. The lowest BCUT2D eigenvalue weighted by Gasteiger charge is -2.18. The first-order chi connectivity index (χ1) is 35.5. The van der Waals surface area contributed by atoms with E-state index in [9.17, 15) is 14.4 Å². The molecule has 0 aliphatic heterocycles. The molecule has 0 saturated heterocycles. The van der Waals surface area contributed by atoms with Crippen molar-refractivity contribution in [3.05, 3.63) is 60.8 Å². The molecule has 418 valence electrons. The molecular weight excluding hydrogens is 889 g/mol. The molecule has 0 aromatic carbocycles. The number of carbonyl (C=O) groups excluding carboxylic acids is 3. The molecule has 0 aromatic rings. The molecule has 0 aromatic heterocycles. The van der Waals surface area contributed by atoms with Gasteiger partial charge in [0, 0.05) is 19.3 Å². The minimum Gasteiger partial charge on any atom is -0.462 e. The number of unbranched alkanes of at least 4 members (excludes halogenated alkanes) is 38. The molecular formula is C66H118O6. The van der Waals surface area contributed by atoms with Crippen molar-refractivity contribution in [2.75, 3.05) is 13.2 Å². The van der Waals surface area contributed by atoms with E-state index in [1.165, 1.54) is 199 Å². The van der Waals surface area contributed by atoms with E-state index in [-0.39, 0.29) is 31.1 Å². The second kappa shape index (κ2) is 60.7. The van der Waals surface area contributed by atoms with Crippen molar-refractivity contribution in [3.8, 4) is 0 Å². The first-order valence-corrected chi connectivity index (χ1v) is 31.3. The molecule has 6 nitrogen and oxygen atoms in total. The van der Waals surface area contributed by atoms with E-state index in [0.717, 1.165) is 83.5 Å². The highest BCUT2D eigenvalue weighted by molar-refractivity contribution is 5.71. The van der Waals surface area contributed by atoms with Crippen LogP contribution in [0.2, 0.25) is 0 Å². The summed E-state index contributed by atoms with van der Waals surface area (Å²) in [6.07, 6.45) is 76.4. The van der Waals surface area contributed by atoms with Crippen LogP contribution in [0.3, 0.4) is 0 Å². The van der Waals surface area contributed by atoms with Crippen LogP contribution in [-0.2, 0) is 28.6 Å². The second-order valence-corrected chi connectivity index (χ2v) is 21.0. The minimum absolute atomic E-state index is 0.0849. The molecule has 6 heteroatoms. The predicted molar refractivity (Wildman–Crippen MR) is 312 cm³/mol. The summed E-state index contributed by atoms with van der Waals surface area (Å²) in [5, 5.41) is 0. The Morgan fingerprint density at radius 3 is 0.806 bits per heavy atom. The summed E-state index contributed by atoms with van der Waals surface area (Å²) in [7, 11) is 0. The van der Waals surface area contributed by atoms with E-state index in [1.807, 2.05) is 0 Å². The van der Waals surface area contributed by atoms with Crippen molar-refractivity contribution in [1.82, 2.24) is 0 Å². The van der Waals surface area contributed by atoms with Gasteiger partial charge in [-0.15, -0.1) is 0 Å². The number of hydrogen-bond acceptors (Lipinski definition) is 6. The van der Waals surface area contributed by atoms with Gasteiger partial charge in [-0.2, -0.15) is 0 Å². The van der Waals surface area contributed by atoms with Crippen molar-refractivity contribution in [3.63, 3.8) is 0 Å². The van der Waals surface area contributed by atoms with Gasteiger partial charge in [-0.25, -0.2) is 0 Å². The fourth-order valence-corrected chi connectivity index (χ4v) is 9.02. The Morgan fingerprint density at radius 2 is 0.514 bits per heavy atom. The number of carbonyl (C=O) groups is 3. The first-order valence-electron chi connectivity index (χ1n) is 31.3. The van der Waals surface area contributed by atoms with Crippen LogP contribution in [0.15, 0.2) is 60.8 Å². The van der Waals surface area contributed by atoms with Crippen LogP contribution in [0.25, 0.3) is 0 Å². The average Bonchev–Trinajstić information content (AvgIpc) is 3.38. The van der Waals surface area contributed by atoms with Crippen LogP contribution in [0.5, 0.6) is 0 Å². The molecule has 0 saturated carbocycles. The van der Waals surface area contributed by atoms with Crippen molar-refractivity contribution >= 4 is 17.9 Å². The van der Waals surface area contributed by atoms with Crippen LogP contribution < -0.4 is 0 Å². The van der Waals surface area contributed by atoms with Crippen molar-refractivity contribution < 1.29 is 28.6 Å². The van der Waals surface area contributed by atoms with Gasteiger partial charge in [-0.05, 0) is 96.3 Å². The Hall–Kier alpha value is -2.89. The second-order valence-electron chi connectivity index (χ2n) is 21.0. The summed E-state index contributed by atoms with van der Waals surface area (Å²) < 4.78 is 16.9. The molecule has 0 heterocycles. The lowest BCUT2D eigenvalue weighted by Crippen LogP contribution is -2.30. The number of hydrogen-bond donors (Lipinski definition) is 0. The highest BCUT2D eigenvalue weighted by atomic mass is 16.6. The van der Waals surface area contributed by atoms with Crippen LogP contribution in [-0.4, -0.2) is 37.2 Å². The van der Waals surface area contributed by atoms with Gasteiger partial charge in [0.15, 0.2) is 6.10 Å². The average molecular weight is 1010 g/mol. The first kappa shape index (κ1) is 69.1. The number of esters is 3. The monoisotopic (exact) mass is 1010 g/mol. The molecule has 0 radical (unpaired) electrons. The van der Waals surface area contributed by atoms with Crippen LogP contribution in [0, 0.1) is 0 Å². The number of ether oxygens (including phenoxy) is 3. The highest BCUT2D eigenvalue weighted by Gasteiger charge is 2.19. The van der Waals surface area contributed by atoms with Crippen molar-refractivity contribution in [2.24, 2.45) is 0 Å². The van der Waals surface area contributed by atoms with E-state index < -0.39 is 6.10 Å². The molecule has 1 atom stereocenters. The van der Waals surface area contributed by atoms with E-state index in [2.05, 4.69) is 81.5 Å². The maximum Gasteiger partial charge on any atom is 0.306 e. The summed E-state index contributed by atoms with van der Waals surface area (Å²) in [6, 6.07) is 0. The number of allylic oxidation sites excluding steroid dienone is 10. The Bertz CT molecular complexity index is 1290. The highest BCUT2D eigenvalue weighted by Crippen LogP contribution is 2.16. The topological polar surface area (TPSA) is 78.9 Å². The van der Waals surface area contributed by atoms with Gasteiger partial charge in [-0.3, -0.25) is 14.4 Å². The van der Waals surface area contributed by atoms with E-state index in [0.29, 0.717) is 19.3 Å². The van der Waals surface area contributed by atoms with E-state index in [1.54, 1.807) is 0 Å². The smallest absolute Gasteiger partial charge is 0.306 e. The van der Waals surface area contributed by atoms with Crippen LogP contribution in [0.1, 0.15) is 323 Å². The zero-order valence-corrected chi connectivity index (χ0v) is 47.9. The molecule has 72 heavy (non-hydrogen) atoms. The predicted octanol–water partition coefficient (Wildman–Crippen LogP) is 21.2. The SMILES string of the molecule is CCCCCCC\C=C/C=C\C=C/CCCCCCCC(=O)OC(COC(=O)CCCCCCCCC/C=C\CCCCCCCC)COC(=O)CCCCCCCCC/C=C\CCCCCCCCCC.